The zero-order valence-corrected chi connectivity index (χ0v) is 16.6. The molecule has 4 aromatic rings. The summed E-state index contributed by atoms with van der Waals surface area (Å²) in [6.07, 6.45) is 4.92. The average Bonchev–Trinajstić information content (AvgIpc) is 3.19. The standard InChI is InChI=1S/C20H15ClN6OS/c21-15-8-9-17(23-12-15)24-18(28)13-29-20-26-25-19(14-5-4-10-22-11-14)27(20)16-6-2-1-3-7-16/h1-12H,13H2,(H,23,24,28). The monoisotopic (exact) mass is 422 g/mol. The molecule has 1 N–H and O–H groups in total. The van der Waals surface area contributed by atoms with Crippen molar-refractivity contribution in [3.05, 3.63) is 78.2 Å². The molecule has 9 heteroatoms. The van der Waals surface area contributed by atoms with Gasteiger partial charge in [0.05, 0.1) is 10.8 Å². The van der Waals surface area contributed by atoms with Crippen LogP contribution in [0, 0.1) is 0 Å². The number of carbonyl (C=O) groups excluding carboxylic acids is 1. The van der Waals surface area contributed by atoms with Crippen LogP contribution in [-0.2, 0) is 4.79 Å². The Morgan fingerprint density at radius 3 is 2.62 bits per heavy atom. The molecule has 7 nitrogen and oxygen atoms in total. The Bertz CT molecular complexity index is 1100. The number of aromatic nitrogens is 5. The fraction of sp³-hybridized carbons (Fsp3) is 0.0500. The number of hydrogen-bond acceptors (Lipinski definition) is 6. The third kappa shape index (κ3) is 4.61. The Morgan fingerprint density at radius 1 is 1.03 bits per heavy atom. The molecule has 4 rings (SSSR count). The van der Waals surface area contributed by atoms with Gasteiger partial charge in [-0.05, 0) is 36.4 Å². The molecule has 0 aliphatic rings. The molecule has 1 amide bonds. The lowest BCUT2D eigenvalue weighted by molar-refractivity contribution is -0.113. The lowest BCUT2D eigenvalue weighted by atomic mass is 10.2. The molecule has 0 aliphatic carbocycles. The van der Waals surface area contributed by atoms with E-state index in [4.69, 9.17) is 11.6 Å². The Labute approximate surface area is 176 Å². The molecule has 0 aliphatic heterocycles. The van der Waals surface area contributed by atoms with Crippen molar-refractivity contribution in [2.75, 3.05) is 11.1 Å². The van der Waals surface area contributed by atoms with Gasteiger partial charge in [-0.1, -0.05) is 41.6 Å². The number of nitrogens with zero attached hydrogens (tertiary/aromatic N) is 5. The van der Waals surface area contributed by atoms with Crippen LogP contribution in [0.5, 0.6) is 0 Å². The van der Waals surface area contributed by atoms with Crippen LogP contribution in [0.25, 0.3) is 17.1 Å². The zero-order chi connectivity index (χ0) is 20.1. The van der Waals surface area contributed by atoms with E-state index < -0.39 is 0 Å². The highest BCUT2D eigenvalue weighted by Gasteiger charge is 2.17. The number of hydrogen-bond donors (Lipinski definition) is 1. The first-order valence-corrected chi connectivity index (χ1v) is 10.0. The molecule has 144 valence electrons. The first-order valence-electron chi connectivity index (χ1n) is 8.66. The van der Waals surface area contributed by atoms with Crippen LogP contribution in [0.3, 0.4) is 0 Å². The van der Waals surface area contributed by atoms with Crippen LogP contribution in [0.15, 0.2) is 78.3 Å². The lowest BCUT2D eigenvalue weighted by Crippen LogP contribution is -2.15. The van der Waals surface area contributed by atoms with Crippen LogP contribution in [0.2, 0.25) is 5.02 Å². The van der Waals surface area contributed by atoms with Gasteiger partial charge in [-0.25, -0.2) is 4.98 Å². The maximum atomic E-state index is 12.3. The molecule has 29 heavy (non-hydrogen) atoms. The van der Waals surface area contributed by atoms with Gasteiger partial charge in [-0.2, -0.15) is 0 Å². The van der Waals surface area contributed by atoms with Crippen molar-refractivity contribution in [1.82, 2.24) is 24.7 Å². The first kappa shape index (κ1) is 19.1. The summed E-state index contributed by atoms with van der Waals surface area (Å²) in [6.45, 7) is 0. The summed E-state index contributed by atoms with van der Waals surface area (Å²) >= 11 is 7.11. The van der Waals surface area contributed by atoms with Crippen molar-refractivity contribution in [2.24, 2.45) is 0 Å². The highest BCUT2D eigenvalue weighted by atomic mass is 35.5. The minimum atomic E-state index is -0.199. The zero-order valence-electron chi connectivity index (χ0n) is 15.1. The number of amides is 1. The van der Waals surface area contributed by atoms with E-state index in [1.54, 1.807) is 24.5 Å². The Hall–Kier alpha value is -3.23. The van der Waals surface area contributed by atoms with Gasteiger partial charge in [0.25, 0.3) is 0 Å². The first-order chi connectivity index (χ1) is 14.2. The topological polar surface area (TPSA) is 85.6 Å². The number of rotatable bonds is 6. The lowest BCUT2D eigenvalue weighted by Gasteiger charge is -2.10. The molecule has 0 fully saturated rings. The molecular weight excluding hydrogens is 408 g/mol. The molecule has 0 radical (unpaired) electrons. The van der Waals surface area contributed by atoms with Gasteiger partial charge in [0, 0.05) is 29.8 Å². The number of carbonyl (C=O) groups is 1. The van der Waals surface area contributed by atoms with Crippen LogP contribution >= 0.6 is 23.4 Å². The summed E-state index contributed by atoms with van der Waals surface area (Å²) < 4.78 is 1.91. The Balaban J connectivity index is 1.56. The number of thioether (sulfide) groups is 1. The van der Waals surface area contributed by atoms with Crippen LogP contribution in [0.4, 0.5) is 5.82 Å². The number of pyridine rings is 2. The Morgan fingerprint density at radius 2 is 1.90 bits per heavy atom. The van der Waals surface area contributed by atoms with E-state index in [-0.39, 0.29) is 11.7 Å². The third-order valence-corrected chi connectivity index (χ3v) is 5.05. The van der Waals surface area contributed by atoms with E-state index in [2.05, 4.69) is 25.5 Å². The number of nitrogens with one attached hydrogen (secondary N) is 1. The average molecular weight is 423 g/mol. The van der Waals surface area contributed by atoms with Crippen molar-refractivity contribution < 1.29 is 4.79 Å². The van der Waals surface area contributed by atoms with E-state index in [0.29, 0.717) is 21.8 Å². The number of benzene rings is 1. The summed E-state index contributed by atoms with van der Waals surface area (Å²) in [6, 6.07) is 16.8. The van der Waals surface area contributed by atoms with Crippen molar-refractivity contribution in [3.8, 4) is 17.1 Å². The van der Waals surface area contributed by atoms with Crippen LogP contribution < -0.4 is 5.32 Å². The van der Waals surface area contributed by atoms with E-state index in [1.807, 2.05) is 47.0 Å². The maximum Gasteiger partial charge on any atom is 0.236 e. The minimum Gasteiger partial charge on any atom is -0.310 e. The number of halogens is 1. The van der Waals surface area contributed by atoms with E-state index in [9.17, 15) is 4.79 Å². The number of para-hydroxylation sites is 1. The second kappa shape index (κ2) is 8.85. The summed E-state index contributed by atoms with van der Waals surface area (Å²) in [5, 5.41) is 12.5. The molecule has 3 heterocycles. The molecule has 1 aromatic carbocycles. The molecule has 0 bridgehead atoms. The predicted octanol–water partition coefficient (Wildman–Crippen LogP) is 4.11. The smallest absolute Gasteiger partial charge is 0.236 e. The highest BCUT2D eigenvalue weighted by Crippen LogP contribution is 2.27. The molecule has 0 saturated carbocycles. The summed E-state index contributed by atoms with van der Waals surface area (Å²) in [5.41, 5.74) is 1.74. The predicted molar refractivity (Wildman–Crippen MR) is 113 cm³/mol. The van der Waals surface area contributed by atoms with Crippen molar-refractivity contribution in [1.29, 1.82) is 0 Å². The van der Waals surface area contributed by atoms with Gasteiger partial charge < -0.3 is 5.32 Å². The molecule has 0 spiro atoms. The third-order valence-electron chi connectivity index (χ3n) is 3.89. The van der Waals surface area contributed by atoms with E-state index >= 15 is 0 Å². The number of anilines is 1. The quantitative estimate of drug-likeness (QED) is 0.470. The van der Waals surface area contributed by atoms with Crippen molar-refractivity contribution >= 4 is 35.1 Å². The van der Waals surface area contributed by atoms with Gasteiger partial charge in [-0.15, -0.1) is 10.2 Å². The highest BCUT2D eigenvalue weighted by molar-refractivity contribution is 7.99. The molecule has 0 saturated heterocycles. The maximum absolute atomic E-state index is 12.3. The normalized spacial score (nSPS) is 10.7. The fourth-order valence-corrected chi connectivity index (χ4v) is 3.48. The summed E-state index contributed by atoms with van der Waals surface area (Å²) in [4.78, 5) is 20.6. The minimum absolute atomic E-state index is 0.155. The SMILES string of the molecule is O=C(CSc1nnc(-c2cccnc2)n1-c1ccccc1)Nc1ccc(Cl)cn1. The second-order valence-corrected chi connectivity index (χ2v) is 7.30. The van der Waals surface area contributed by atoms with Gasteiger partial charge >= 0.3 is 0 Å². The molecule has 0 unspecified atom stereocenters. The van der Waals surface area contributed by atoms with Crippen molar-refractivity contribution in [2.45, 2.75) is 5.16 Å². The van der Waals surface area contributed by atoms with Crippen molar-refractivity contribution in [3.63, 3.8) is 0 Å². The van der Waals surface area contributed by atoms with E-state index in [1.165, 1.54) is 18.0 Å². The fourth-order valence-electron chi connectivity index (χ4n) is 2.61. The summed E-state index contributed by atoms with van der Waals surface area (Å²) in [5.74, 6) is 1.06. The molecule has 0 atom stereocenters. The second-order valence-electron chi connectivity index (χ2n) is 5.92. The van der Waals surface area contributed by atoms with Gasteiger partial charge in [-0.3, -0.25) is 14.3 Å². The van der Waals surface area contributed by atoms with Gasteiger partial charge in [0.15, 0.2) is 11.0 Å². The largest absolute Gasteiger partial charge is 0.310 e. The molecule has 3 aromatic heterocycles. The Kier molecular flexibility index (Phi) is 5.83. The summed E-state index contributed by atoms with van der Waals surface area (Å²) in [7, 11) is 0. The van der Waals surface area contributed by atoms with Gasteiger partial charge in [0.2, 0.25) is 5.91 Å². The van der Waals surface area contributed by atoms with E-state index in [0.717, 1.165) is 11.3 Å². The molecular formula is C20H15ClN6OS. The van der Waals surface area contributed by atoms with Crippen LogP contribution in [-0.4, -0.2) is 36.4 Å². The van der Waals surface area contributed by atoms with Gasteiger partial charge in [0.1, 0.15) is 5.82 Å². The van der Waals surface area contributed by atoms with Crippen LogP contribution in [0.1, 0.15) is 0 Å².